The molecule has 18 heavy (non-hydrogen) atoms. The molecule has 0 bridgehead atoms. The van der Waals surface area contributed by atoms with Crippen LogP contribution in [0.5, 0.6) is 0 Å². The van der Waals surface area contributed by atoms with Gasteiger partial charge in [-0.1, -0.05) is 19.3 Å². The third kappa shape index (κ3) is 2.51. The van der Waals surface area contributed by atoms with Gasteiger partial charge in [-0.3, -0.25) is 4.79 Å². The minimum Gasteiger partial charge on any atom is -0.480 e. The van der Waals surface area contributed by atoms with Crippen LogP contribution in [0.4, 0.5) is 0 Å². The van der Waals surface area contributed by atoms with Crippen molar-refractivity contribution in [1.29, 1.82) is 0 Å². The summed E-state index contributed by atoms with van der Waals surface area (Å²) in [5.74, 6) is -1.29. The van der Waals surface area contributed by atoms with E-state index in [1.165, 1.54) is 0 Å². The number of carbonyl (C=O) groups excluding carboxylic acids is 1. The number of nitrogens with one attached hydrogen (secondary N) is 1. The van der Waals surface area contributed by atoms with E-state index < -0.39 is 11.5 Å². The van der Waals surface area contributed by atoms with E-state index in [1.807, 2.05) is 0 Å². The lowest BCUT2D eigenvalue weighted by molar-refractivity contribution is -0.152. The maximum atomic E-state index is 12.2. The molecule has 0 aromatic carbocycles. The van der Waals surface area contributed by atoms with Crippen molar-refractivity contribution in [1.82, 2.24) is 5.32 Å². The second kappa shape index (κ2) is 5.26. The first-order chi connectivity index (χ1) is 8.55. The highest BCUT2D eigenvalue weighted by molar-refractivity contribution is 5.89. The Morgan fingerprint density at radius 3 is 2.33 bits per heavy atom. The van der Waals surface area contributed by atoms with Crippen LogP contribution in [0.2, 0.25) is 0 Å². The molecule has 0 aromatic rings. The van der Waals surface area contributed by atoms with Gasteiger partial charge in [-0.05, 0) is 32.1 Å². The zero-order chi connectivity index (χ0) is 13.2. The Labute approximate surface area is 107 Å². The molecule has 4 N–H and O–H groups in total. The van der Waals surface area contributed by atoms with E-state index in [0.717, 1.165) is 38.5 Å². The summed E-state index contributed by atoms with van der Waals surface area (Å²) < 4.78 is 0. The molecule has 2 atom stereocenters. The van der Waals surface area contributed by atoms with Crippen LogP contribution in [0.1, 0.15) is 51.4 Å². The first-order valence-electron chi connectivity index (χ1n) is 6.86. The molecule has 102 valence electrons. The molecular formula is C13H22N2O3. The number of hydrogen-bond acceptors (Lipinski definition) is 3. The van der Waals surface area contributed by atoms with Crippen molar-refractivity contribution >= 4 is 11.9 Å². The van der Waals surface area contributed by atoms with Crippen LogP contribution in [0, 0.1) is 5.92 Å². The lowest BCUT2D eigenvalue weighted by atomic mass is 9.76. The van der Waals surface area contributed by atoms with Crippen molar-refractivity contribution in [2.45, 2.75) is 62.9 Å². The quantitative estimate of drug-likeness (QED) is 0.655. The van der Waals surface area contributed by atoms with Gasteiger partial charge in [-0.2, -0.15) is 0 Å². The van der Waals surface area contributed by atoms with Crippen LogP contribution in [0.3, 0.4) is 0 Å². The van der Waals surface area contributed by atoms with Crippen LogP contribution in [-0.2, 0) is 9.59 Å². The second-order valence-electron chi connectivity index (χ2n) is 5.64. The molecule has 2 unspecified atom stereocenters. The van der Waals surface area contributed by atoms with Gasteiger partial charge in [0.2, 0.25) is 5.91 Å². The third-order valence-electron chi connectivity index (χ3n) is 4.39. The summed E-state index contributed by atoms with van der Waals surface area (Å²) in [6.45, 7) is 0. The number of aliphatic carboxylic acids is 1. The molecule has 2 rings (SSSR count). The molecule has 5 heteroatoms. The van der Waals surface area contributed by atoms with Gasteiger partial charge in [0.25, 0.3) is 0 Å². The van der Waals surface area contributed by atoms with Gasteiger partial charge < -0.3 is 16.2 Å². The number of hydrogen-bond donors (Lipinski definition) is 3. The Bertz CT molecular complexity index is 339. The Balaban J connectivity index is 1.99. The number of carboxylic acid groups (broad SMARTS) is 1. The second-order valence-corrected chi connectivity index (χ2v) is 5.64. The predicted octanol–water partition coefficient (Wildman–Crippen LogP) is 1.02. The first kappa shape index (κ1) is 13.3. The van der Waals surface area contributed by atoms with Gasteiger partial charge >= 0.3 is 5.97 Å². The maximum Gasteiger partial charge on any atom is 0.329 e. The summed E-state index contributed by atoms with van der Waals surface area (Å²) in [6, 6.07) is -0.126. The highest BCUT2D eigenvalue weighted by Gasteiger charge is 2.46. The van der Waals surface area contributed by atoms with Crippen molar-refractivity contribution in [3.8, 4) is 0 Å². The molecule has 2 fully saturated rings. The van der Waals surface area contributed by atoms with Gasteiger partial charge in [0.1, 0.15) is 5.54 Å². The zero-order valence-corrected chi connectivity index (χ0v) is 10.7. The number of carbonyl (C=O) groups is 2. The molecular weight excluding hydrogens is 232 g/mol. The normalized spacial score (nSPS) is 30.9. The number of amides is 1. The topological polar surface area (TPSA) is 92.4 Å². The molecule has 0 saturated heterocycles. The van der Waals surface area contributed by atoms with Gasteiger partial charge in [0, 0.05) is 6.04 Å². The van der Waals surface area contributed by atoms with Gasteiger partial charge in [0.05, 0.1) is 5.92 Å². The lowest BCUT2D eigenvalue weighted by Crippen LogP contribution is -2.61. The Morgan fingerprint density at radius 1 is 1.11 bits per heavy atom. The van der Waals surface area contributed by atoms with Gasteiger partial charge in [-0.25, -0.2) is 4.79 Å². The van der Waals surface area contributed by atoms with E-state index in [4.69, 9.17) is 5.73 Å². The van der Waals surface area contributed by atoms with Crippen molar-refractivity contribution in [2.24, 2.45) is 11.7 Å². The van der Waals surface area contributed by atoms with Crippen molar-refractivity contribution < 1.29 is 14.7 Å². The molecule has 2 aliphatic rings. The fourth-order valence-electron chi connectivity index (χ4n) is 2.91. The van der Waals surface area contributed by atoms with E-state index in [2.05, 4.69) is 5.32 Å². The van der Waals surface area contributed by atoms with Crippen LogP contribution < -0.4 is 11.1 Å². The minimum atomic E-state index is -1.01. The Hall–Kier alpha value is -1.10. The molecule has 2 saturated carbocycles. The molecule has 1 amide bonds. The van der Waals surface area contributed by atoms with E-state index in [0.29, 0.717) is 12.8 Å². The molecule has 5 nitrogen and oxygen atoms in total. The zero-order valence-electron chi connectivity index (χ0n) is 10.7. The predicted molar refractivity (Wildman–Crippen MR) is 66.9 cm³/mol. The average molecular weight is 254 g/mol. The molecule has 0 spiro atoms. The summed E-state index contributed by atoms with van der Waals surface area (Å²) >= 11 is 0. The van der Waals surface area contributed by atoms with E-state index in [9.17, 15) is 14.7 Å². The summed E-state index contributed by atoms with van der Waals surface area (Å²) in [5, 5.41) is 11.9. The fourth-order valence-corrected chi connectivity index (χ4v) is 2.91. The largest absolute Gasteiger partial charge is 0.480 e. The van der Waals surface area contributed by atoms with Crippen LogP contribution in [0.25, 0.3) is 0 Å². The van der Waals surface area contributed by atoms with Gasteiger partial charge in [-0.15, -0.1) is 0 Å². The Morgan fingerprint density at radius 2 is 1.78 bits per heavy atom. The summed E-state index contributed by atoms with van der Waals surface area (Å²) in [4.78, 5) is 23.4. The maximum absolute atomic E-state index is 12.2. The summed E-state index contributed by atoms with van der Waals surface area (Å²) in [5.41, 5.74) is 5.02. The highest BCUT2D eigenvalue weighted by atomic mass is 16.4. The van der Waals surface area contributed by atoms with Crippen LogP contribution in [-0.4, -0.2) is 28.6 Å². The summed E-state index contributed by atoms with van der Waals surface area (Å²) in [7, 11) is 0. The average Bonchev–Trinajstić information content (AvgIpc) is 2.47. The van der Waals surface area contributed by atoms with Crippen molar-refractivity contribution in [3.63, 3.8) is 0 Å². The number of carboxylic acids is 1. The lowest BCUT2D eigenvalue weighted by Gasteiger charge is -2.39. The first-order valence-corrected chi connectivity index (χ1v) is 6.86. The monoisotopic (exact) mass is 254 g/mol. The van der Waals surface area contributed by atoms with Crippen LogP contribution >= 0.6 is 0 Å². The molecule has 2 aliphatic carbocycles. The molecule has 0 aromatic heterocycles. The Kier molecular flexibility index (Phi) is 3.90. The van der Waals surface area contributed by atoms with Gasteiger partial charge in [0.15, 0.2) is 0 Å². The number of rotatable bonds is 3. The molecule has 0 radical (unpaired) electrons. The van der Waals surface area contributed by atoms with E-state index in [1.54, 1.807) is 0 Å². The highest BCUT2D eigenvalue weighted by Crippen LogP contribution is 2.33. The van der Waals surface area contributed by atoms with Crippen LogP contribution in [0.15, 0.2) is 0 Å². The van der Waals surface area contributed by atoms with E-state index >= 15 is 0 Å². The number of nitrogens with two attached hydrogens (primary N) is 1. The third-order valence-corrected chi connectivity index (χ3v) is 4.39. The minimum absolute atomic E-state index is 0.126. The van der Waals surface area contributed by atoms with Crippen molar-refractivity contribution in [2.75, 3.05) is 0 Å². The summed E-state index contributed by atoms with van der Waals surface area (Å²) in [6.07, 6.45) is 6.76. The van der Waals surface area contributed by atoms with E-state index in [-0.39, 0.29) is 17.9 Å². The standard InChI is InChI=1S/C13H22N2O3/c14-10-6-3-1-2-5-9(10)11(16)15-13(12(17)18)7-4-8-13/h9-10H,1-8,14H2,(H,15,16)(H,17,18). The van der Waals surface area contributed by atoms with Crippen molar-refractivity contribution in [3.05, 3.63) is 0 Å². The molecule has 0 heterocycles. The molecule has 0 aliphatic heterocycles. The SMILES string of the molecule is NC1CCCCCC1C(=O)NC1(C(=O)O)CCC1. The smallest absolute Gasteiger partial charge is 0.329 e. The fraction of sp³-hybridized carbons (Fsp3) is 0.846.